The minimum absolute atomic E-state index is 0.0346. The number of carboxylic acid groups (broad SMARTS) is 1. The lowest BCUT2D eigenvalue weighted by atomic mass is 9.95. The number of aromatic carboxylic acids is 1. The SMILES string of the molecule is CCCNC(=O)CN1CCN(c2ccc(NC(=O)C(C)(C)C)c(C(=O)O)c2)CC1. The second-order valence-corrected chi connectivity index (χ2v) is 8.35. The molecule has 1 fully saturated rings. The molecule has 0 atom stereocenters. The second kappa shape index (κ2) is 9.73. The lowest BCUT2D eigenvalue weighted by Gasteiger charge is -2.36. The van der Waals surface area contributed by atoms with Gasteiger partial charge in [-0.15, -0.1) is 0 Å². The van der Waals surface area contributed by atoms with Crippen molar-refractivity contribution >= 4 is 29.2 Å². The van der Waals surface area contributed by atoms with Crippen LogP contribution in [0.4, 0.5) is 11.4 Å². The van der Waals surface area contributed by atoms with Gasteiger partial charge >= 0.3 is 5.97 Å². The monoisotopic (exact) mass is 404 g/mol. The van der Waals surface area contributed by atoms with Gasteiger partial charge in [0.15, 0.2) is 0 Å². The fourth-order valence-electron chi connectivity index (χ4n) is 3.01. The molecule has 2 rings (SSSR count). The lowest BCUT2D eigenvalue weighted by molar-refractivity contribution is -0.123. The largest absolute Gasteiger partial charge is 0.478 e. The third-order valence-electron chi connectivity index (χ3n) is 4.84. The van der Waals surface area contributed by atoms with Crippen molar-refractivity contribution in [3.63, 3.8) is 0 Å². The van der Waals surface area contributed by atoms with Crippen molar-refractivity contribution in [3.05, 3.63) is 23.8 Å². The highest BCUT2D eigenvalue weighted by atomic mass is 16.4. The van der Waals surface area contributed by atoms with E-state index < -0.39 is 11.4 Å². The fraction of sp³-hybridized carbons (Fsp3) is 0.571. The Labute approximate surface area is 172 Å². The average Bonchev–Trinajstić information content (AvgIpc) is 2.66. The Hall–Kier alpha value is -2.61. The van der Waals surface area contributed by atoms with Crippen molar-refractivity contribution in [1.29, 1.82) is 0 Å². The first-order valence-corrected chi connectivity index (χ1v) is 10.0. The maximum absolute atomic E-state index is 12.2. The third-order valence-corrected chi connectivity index (χ3v) is 4.84. The Kier molecular flexibility index (Phi) is 7.61. The molecule has 160 valence electrons. The van der Waals surface area contributed by atoms with Crippen LogP contribution >= 0.6 is 0 Å². The van der Waals surface area contributed by atoms with Crippen LogP contribution in [-0.4, -0.2) is 67.1 Å². The number of carboxylic acids is 1. The maximum Gasteiger partial charge on any atom is 0.337 e. The number of hydrogen-bond acceptors (Lipinski definition) is 5. The summed E-state index contributed by atoms with van der Waals surface area (Å²) < 4.78 is 0. The number of piperazine rings is 1. The smallest absolute Gasteiger partial charge is 0.337 e. The van der Waals surface area contributed by atoms with Crippen LogP contribution in [0.25, 0.3) is 0 Å². The molecular weight excluding hydrogens is 372 g/mol. The molecule has 0 saturated carbocycles. The van der Waals surface area contributed by atoms with E-state index in [-0.39, 0.29) is 17.4 Å². The van der Waals surface area contributed by atoms with Crippen molar-refractivity contribution in [3.8, 4) is 0 Å². The Morgan fingerprint density at radius 3 is 2.31 bits per heavy atom. The van der Waals surface area contributed by atoms with Gasteiger partial charge in [0.2, 0.25) is 11.8 Å². The first-order chi connectivity index (χ1) is 13.6. The van der Waals surface area contributed by atoms with Gasteiger partial charge in [-0.1, -0.05) is 27.7 Å². The zero-order valence-electron chi connectivity index (χ0n) is 17.7. The van der Waals surface area contributed by atoms with E-state index in [1.807, 2.05) is 13.0 Å². The Morgan fingerprint density at radius 1 is 1.10 bits per heavy atom. The highest BCUT2D eigenvalue weighted by Crippen LogP contribution is 2.26. The lowest BCUT2D eigenvalue weighted by Crippen LogP contribution is -2.49. The van der Waals surface area contributed by atoms with Crippen LogP contribution in [0, 0.1) is 5.41 Å². The summed E-state index contributed by atoms with van der Waals surface area (Å²) in [6.07, 6.45) is 0.914. The molecule has 2 amide bonds. The Balaban J connectivity index is 2.03. The topological polar surface area (TPSA) is 102 Å². The van der Waals surface area contributed by atoms with E-state index in [0.717, 1.165) is 25.2 Å². The number of benzene rings is 1. The quantitative estimate of drug-likeness (QED) is 0.643. The molecule has 1 aromatic carbocycles. The number of carbonyl (C=O) groups excluding carboxylic acids is 2. The van der Waals surface area contributed by atoms with Crippen LogP contribution < -0.4 is 15.5 Å². The first-order valence-electron chi connectivity index (χ1n) is 10.0. The molecule has 8 nitrogen and oxygen atoms in total. The number of anilines is 2. The van der Waals surface area contributed by atoms with Crippen LogP contribution in [0.15, 0.2) is 18.2 Å². The zero-order chi connectivity index (χ0) is 21.6. The Morgan fingerprint density at radius 2 is 1.76 bits per heavy atom. The summed E-state index contributed by atoms with van der Waals surface area (Å²) in [6, 6.07) is 5.07. The molecule has 0 unspecified atom stereocenters. The predicted molar refractivity (Wildman–Crippen MR) is 113 cm³/mol. The normalized spacial score (nSPS) is 15.1. The molecule has 8 heteroatoms. The van der Waals surface area contributed by atoms with E-state index >= 15 is 0 Å². The van der Waals surface area contributed by atoms with Crippen molar-refractivity contribution in [2.45, 2.75) is 34.1 Å². The molecule has 1 aliphatic rings. The highest BCUT2D eigenvalue weighted by Gasteiger charge is 2.24. The van der Waals surface area contributed by atoms with Gasteiger partial charge in [0.1, 0.15) is 0 Å². The zero-order valence-corrected chi connectivity index (χ0v) is 17.7. The molecule has 0 spiro atoms. The maximum atomic E-state index is 12.2. The molecule has 0 aliphatic carbocycles. The van der Waals surface area contributed by atoms with Gasteiger partial charge < -0.3 is 20.6 Å². The van der Waals surface area contributed by atoms with Crippen LogP contribution in [0.1, 0.15) is 44.5 Å². The average molecular weight is 405 g/mol. The number of nitrogens with zero attached hydrogens (tertiary/aromatic N) is 2. The van der Waals surface area contributed by atoms with E-state index in [2.05, 4.69) is 20.4 Å². The number of rotatable bonds is 7. The van der Waals surface area contributed by atoms with Crippen LogP contribution in [0.5, 0.6) is 0 Å². The molecule has 1 aromatic rings. The van der Waals surface area contributed by atoms with Crippen LogP contribution in [0.3, 0.4) is 0 Å². The van der Waals surface area contributed by atoms with E-state index in [1.54, 1.807) is 32.9 Å². The number of carbonyl (C=O) groups is 3. The molecule has 1 heterocycles. The van der Waals surface area contributed by atoms with Gasteiger partial charge in [0.05, 0.1) is 17.8 Å². The fourth-order valence-corrected chi connectivity index (χ4v) is 3.01. The van der Waals surface area contributed by atoms with Crippen molar-refractivity contribution in [2.75, 3.05) is 49.5 Å². The standard InChI is InChI=1S/C21H32N4O4/c1-5-8-22-18(26)14-24-9-11-25(12-10-24)15-6-7-17(16(13-15)19(27)28)23-20(29)21(2,3)4/h6-7,13H,5,8-12,14H2,1-4H3,(H,22,26)(H,23,29)(H,27,28). The summed E-state index contributed by atoms with van der Waals surface area (Å²) >= 11 is 0. The number of hydrogen-bond donors (Lipinski definition) is 3. The summed E-state index contributed by atoms with van der Waals surface area (Å²) in [5.41, 5.74) is 0.550. The minimum Gasteiger partial charge on any atom is -0.478 e. The molecule has 1 saturated heterocycles. The van der Waals surface area contributed by atoms with E-state index in [9.17, 15) is 19.5 Å². The molecule has 3 N–H and O–H groups in total. The van der Waals surface area contributed by atoms with Crippen LogP contribution in [0.2, 0.25) is 0 Å². The van der Waals surface area contributed by atoms with Gasteiger partial charge in [0, 0.05) is 43.8 Å². The van der Waals surface area contributed by atoms with E-state index in [1.165, 1.54) is 0 Å². The van der Waals surface area contributed by atoms with Gasteiger partial charge in [0.25, 0.3) is 0 Å². The number of nitrogens with one attached hydrogen (secondary N) is 2. The molecule has 0 radical (unpaired) electrons. The number of amides is 2. The van der Waals surface area contributed by atoms with Crippen LogP contribution in [-0.2, 0) is 9.59 Å². The Bertz CT molecular complexity index is 750. The first kappa shape index (κ1) is 22.7. The molecule has 0 aromatic heterocycles. The summed E-state index contributed by atoms with van der Waals surface area (Å²) in [7, 11) is 0. The summed E-state index contributed by atoms with van der Waals surface area (Å²) in [5.74, 6) is -1.28. The molecule has 1 aliphatic heterocycles. The molecule has 29 heavy (non-hydrogen) atoms. The van der Waals surface area contributed by atoms with Gasteiger partial charge in [-0.25, -0.2) is 4.79 Å². The van der Waals surface area contributed by atoms with E-state index in [4.69, 9.17) is 0 Å². The molecular formula is C21H32N4O4. The van der Waals surface area contributed by atoms with E-state index in [0.29, 0.717) is 31.9 Å². The van der Waals surface area contributed by atoms with Gasteiger partial charge in [-0.2, -0.15) is 0 Å². The second-order valence-electron chi connectivity index (χ2n) is 8.35. The summed E-state index contributed by atoms with van der Waals surface area (Å²) in [5, 5.41) is 15.2. The van der Waals surface area contributed by atoms with Gasteiger partial charge in [-0.3, -0.25) is 14.5 Å². The van der Waals surface area contributed by atoms with Crippen molar-refractivity contribution in [1.82, 2.24) is 10.2 Å². The summed E-state index contributed by atoms with van der Waals surface area (Å²) in [4.78, 5) is 40.0. The van der Waals surface area contributed by atoms with Gasteiger partial charge in [-0.05, 0) is 24.6 Å². The predicted octanol–water partition coefficient (Wildman–Crippen LogP) is 2.02. The highest BCUT2D eigenvalue weighted by molar-refractivity contribution is 6.02. The third kappa shape index (κ3) is 6.45. The molecule has 0 bridgehead atoms. The minimum atomic E-state index is -1.08. The van der Waals surface area contributed by atoms with Crippen molar-refractivity contribution in [2.24, 2.45) is 5.41 Å². The summed E-state index contributed by atoms with van der Waals surface area (Å²) in [6.45, 7) is 11.3. The van der Waals surface area contributed by atoms with Crippen molar-refractivity contribution < 1.29 is 19.5 Å².